The molecule has 1 amide bonds. The predicted molar refractivity (Wildman–Crippen MR) is 89.7 cm³/mol. The number of likely N-dealkylation sites (tertiary alicyclic amines) is 1. The van der Waals surface area contributed by atoms with E-state index in [1.807, 2.05) is 12.1 Å². The van der Waals surface area contributed by atoms with E-state index in [9.17, 15) is 9.90 Å². The van der Waals surface area contributed by atoms with E-state index in [0.717, 1.165) is 12.0 Å². The Kier molecular flexibility index (Phi) is 4.67. The molecule has 1 N–H and O–H groups in total. The van der Waals surface area contributed by atoms with Crippen molar-refractivity contribution in [3.05, 3.63) is 41.7 Å². The average Bonchev–Trinajstić information content (AvgIpc) is 3.30. The van der Waals surface area contributed by atoms with Crippen molar-refractivity contribution in [3.63, 3.8) is 0 Å². The van der Waals surface area contributed by atoms with E-state index in [-0.39, 0.29) is 23.6 Å². The van der Waals surface area contributed by atoms with Crippen LogP contribution in [0.4, 0.5) is 0 Å². The van der Waals surface area contributed by atoms with Gasteiger partial charge in [0.15, 0.2) is 0 Å². The van der Waals surface area contributed by atoms with Crippen molar-refractivity contribution in [2.45, 2.75) is 31.4 Å². The summed E-state index contributed by atoms with van der Waals surface area (Å²) in [5, 5.41) is 14.8. The lowest BCUT2D eigenvalue weighted by Gasteiger charge is -2.36. The number of methoxy groups -OCH3 is 2. The molecule has 3 rings (SSSR count). The van der Waals surface area contributed by atoms with Crippen LogP contribution in [0, 0.1) is 0 Å². The van der Waals surface area contributed by atoms with E-state index in [0.29, 0.717) is 18.7 Å². The highest BCUT2D eigenvalue weighted by molar-refractivity contribution is 5.92. The minimum Gasteiger partial charge on any atom is -0.497 e. The van der Waals surface area contributed by atoms with Gasteiger partial charge in [-0.25, -0.2) is 0 Å². The van der Waals surface area contributed by atoms with Gasteiger partial charge in [-0.15, -0.1) is 0 Å². The Labute approximate surface area is 146 Å². The van der Waals surface area contributed by atoms with Gasteiger partial charge in [-0.2, -0.15) is 0 Å². The minimum atomic E-state index is -1.19. The van der Waals surface area contributed by atoms with Gasteiger partial charge in [0, 0.05) is 6.54 Å². The molecule has 1 saturated heterocycles. The maximum atomic E-state index is 12.8. The summed E-state index contributed by atoms with van der Waals surface area (Å²) in [6, 6.07) is 8.33. The lowest BCUT2D eigenvalue weighted by Crippen LogP contribution is -2.48. The molecule has 0 unspecified atom stereocenters. The molecule has 25 heavy (non-hydrogen) atoms. The lowest BCUT2D eigenvalue weighted by atomic mass is 9.86. The van der Waals surface area contributed by atoms with Crippen LogP contribution in [0.2, 0.25) is 0 Å². The van der Waals surface area contributed by atoms with Crippen LogP contribution in [0.15, 0.2) is 34.9 Å². The number of rotatable bonds is 5. The van der Waals surface area contributed by atoms with Crippen LogP contribution in [-0.4, -0.2) is 47.9 Å². The molecule has 1 aliphatic heterocycles. The van der Waals surface area contributed by atoms with Gasteiger partial charge < -0.3 is 24.0 Å². The Morgan fingerprint density at radius 3 is 2.64 bits per heavy atom. The quantitative estimate of drug-likeness (QED) is 0.893. The molecule has 134 valence electrons. The van der Waals surface area contributed by atoms with Crippen LogP contribution in [0.5, 0.6) is 11.6 Å². The van der Waals surface area contributed by atoms with Crippen LogP contribution >= 0.6 is 0 Å². The lowest BCUT2D eigenvalue weighted by molar-refractivity contribution is -0.0187. The SMILES string of the molecule is COc1ccc([C@@](C)(O)[C@H]2CCCN2C(=O)c2cc(OC)no2)cc1. The fourth-order valence-corrected chi connectivity index (χ4v) is 3.31. The summed E-state index contributed by atoms with van der Waals surface area (Å²) in [7, 11) is 3.05. The Morgan fingerprint density at radius 1 is 1.32 bits per heavy atom. The zero-order chi connectivity index (χ0) is 18.0. The second kappa shape index (κ2) is 6.76. The third-order valence-corrected chi connectivity index (χ3v) is 4.75. The maximum Gasteiger partial charge on any atom is 0.292 e. The third-order valence-electron chi connectivity index (χ3n) is 4.75. The number of ether oxygens (including phenoxy) is 2. The summed E-state index contributed by atoms with van der Waals surface area (Å²) in [4.78, 5) is 14.4. The molecular formula is C18H22N2O5. The van der Waals surface area contributed by atoms with Crippen LogP contribution in [-0.2, 0) is 5.60 Å². The van der Waals surface area contributed by atoms with Crippen molar-refractivity contribution in [2.24, 2.45) is 0 Å². The van der Waals surface area contributed by atoms with E-state index in [1.165, 1.54) is 13.2 Å². The second-order valence-electron chi connectivity index (χ2n) is 6.27. The summed E-state index contributed by atoms with van der Waals surface area (Å²) < 4.78 is 15.2. The fourth-order valence-electron chi connectivity index (χ4n) is 3.31. The summed E-state index contributed by atoms with van der Waals surface area (Å²) in [5.74, 6) is 0.773. The molecule has 1 aromatic carbocycles. The molecule has 0 radical (unpaired) electrons. The number of carbonyl (C=O) groups excluding carboxylic acids is 1. The number of aromatic nitrogens is 1. The van der Waals surface area contributed by atoms with Gasteiger partial charge >= 0.3 is 0 Å². The molecule has 2 atom stereocenters. The number of aliphatic hydroxyl groups is 1. The predicted octanol–water partition coefficient (Wildman–Crippen LogP) is 2.20. The van der Waals surface area contributed by atoms with Crippen molar-refractivity contribution in [3.8, 4) is 11.6 Å². The Bertz CT molecular complexity index is 738. The first-order valence-electron chi connectivity index (χ1n) is 8.16. The fraction of sp³-hybridized carbons (Fsp3) is 0.444. The standard InChI is InChI=1S/C18H22N2O5/c1-18(22,12-6-8-13(23-2)9-7-12)15-5-4-10-20(15)17(21)14-11-16(24-3)19-25-14/h6-9,11,15,22H,4-5,10H2,1-3H3/t15-,18-/m1/s1. The first kappa shape index (κ1) is 17.3. The topological polar surface area (TPSA) is 85.0 Å². The molecule has 1 aliphatic rings. The van der Waals surface area contributed by atoms with Gasteiger partial charge in [0.2, 0.25) is 5.76 Å². The minimum absolute atomic E-state index is 0.106. The molecule has 7 heteroatoms. The zero-order valence-corrected chi connectivity index (χ0v) is 14.6. The Balaban J connectivity index is 1.85. The van der Waals surface area contributed by atoms with Crippen LogP contribution in [0.1, 0.15) is 35.9 Å². The smallest absolute Gasteiger partial charge is 0.292 e. The summed E-state index contributed by atoms with van der Waals surface area (Å²) in [6.45, 7) is 2.28. The van der Waals surface area contributed by atoms with Gasteiger partial charge in [-0.3, -0.25) is 4.79 Å². The summed E-state index contributed by atoms with van der Waals surface area (Å²) in [6.07, 6.45) is 1.52. The molecular weight excluding hydrogens is 324 g/mol. The van der Waals surface area contributed by atoms with Gasteiger partial charge in [0.25, 0.3) is 11.8 Å². The van der Waals surface area contributed by atoms with E-state index < -0.39 is 5.60 Å². The number of benzene rings is 1. The van der Waals surface area contributed by atoms with Gasteiger partial charge in [-0.1, -0.05) is 12.1 Å². The summed E-state index contributed by atoms with van der Waals surface area (Å²) >= 11 is 0. The summed E-state index contributed by atoms with van der Waals surface area (Å²) in [5.41, 5.74) is -0.462. The van der Waals surface area contributed by atoms with Gasteiger partial charge in [0.05, 0.1) is 26.3 Å². The van der Waals surface area contributed by atoms with Crippen molar-refractivity contribution in [2.75, 3.05) is 20.8 Å². The average molecular weight is 346 g/mol. The largest absolute Gasteiger partial charge is 0.497 e. The van der Waals surface area contributed by atoms with Gasteiger partial charge in [0.1, 0.15) is 11.4 Å². The van der Waals surface area contributed by atoms with Crippen molar-refractivity contribution < 1.29 is 23.9 Å². The second-order valence-corrected chi connectivity index (χ2v) is 6.27. The molecule has 0 saturated carbocycles. The van der Waals surface area contributed by atoms with E-state index in [1.54, 1.807) is 31.1 Å². The molecule has 0 spiro atoms. The highest BCUT2D eigenvalue weighted by Gasteiger charge is 2.43. The normalized spacial score (nSPS) is 19.5. The number of hydrogen-bond donors (Lipinski definition) is 1. The molecule has 0 aliphatic carbocycles. The van der Waals surface area contributed by atoms with E-state index in [4.69, 9.17) is 14.0 Å². The molecule has 1 aromatic heterocycles. The van der Waals surface area contributed by atoms with Crippen LogP contribution in [0.3, 0.4) is 0 Å². The molecule has 0 bridgehead atoms. The van der Waals surface area contributed by atoms with Crippen LogP contribution in [0.25, 0.3) is 0 Å². The van der Waals surface area contributed by atoms with E-state index >= 15 is 0 Å². The highest BCUT2D eigenvalue weighted by Crippen LogP contribution is 2.36. The first-order valence-corrected chi connectivity index (χ1v) is 8.16. The van der Waals surface area contributed by atoms with Crippen molar-refractivity contribution in [1.82, 2.24) is 10.1 Å². The molecule has 2 heterocycles. The third kappa shape index (κ3) is 3.19. The number of nitrogens with zero attached hydrogens (tertiary/aromatic N) is 2. The molecule has 2 aromatic rings. The van der Waals surface area contributed by atoms with Crippen molar-refractivity contribution in [1.29, 1.82) is 0 Å². The first-order chi connectivity index (χ1) is 12.0. The zero-order valence-electron chi connectivity index (χ0n) is 14.6. The Morgan fingerprint density at radius 2 is 2.04 bits per heavy atom. The monoisotopic (exact) mass is 346 g/mol. The highest BCUT2D eigenvalue weighted by atomic mass is 16.5. The van der Waals surface area contributed by atoms with Crippen LogP contribution < -0.4 is 9.47 Å². The number of carbonyl (C=O) groups is 1. The maximum absolute atomic E-state index is 12.8. The molecule has 7 nitrogen and oxygen atoms in total. The van der Waals surface area contributed by atoms with E-state index in [2.05, 4.69) is 5.16 Å². The number of amides is 1. The van der Waals surface area contributed by atoms with Gasteiger partial charge in [-0.05, 0) is 42.6 Å². The Hall–Kier alpha value is -2.54. The number of hydrogen-bond acceptors (Lipinski definition) is 6. The molecule has 1 fully saturated rings. The van der Waals surface area contributed by atoms with Crippen molar-refractivity contribution >= 4 is 5.91 Å².